The highest BCUT2D eigenvalue weighted by molar-refractivity contribution is 5.96. The lowest BCUT2D eigenvalue weighted by Crippen LogP contribution is -2.39. The molecule has 0 aliphatic carbocycles. The molecule has 0 fully saturated rings. The fourth-order valence-electron chi connectivity index (χ4n) is 1.64. The van der Waals surface area contributed by atoms with Crippen LogP contribution in [0.5, 0.6) is 5.75 Å². The number of carbonyl (C=O) groups excluding carboxylic acids is 2. The number of carbonyl (C=O) groups is 2. The number of nitrogens with one attached hydrogen (secondary N) is 1. The molecule has 1 rings (SSSR count). The summed E-state index contributed by atoms with van der Waals surface area (Å²) in [6, 6.07) is 6.18. The first-order valence-corrected chi connectivity index (χ1v) is 7.28. The molecule has 1 aromatic carbocycles. The summed E-state index contributed by atoms with van der Waals surface area (Å²) < 4.78 is 10.4. The minimum Gasteiger partial charge on any atom is -0.494 e. The lowest BCUT2D eigenvalue weighted by molar-refractivity contribution is -0.144. The van der Waals surface area contributed by atoms with E-state index in [1.807, 2.05) is 0 Å². The normalized spacial score (nSPS) is 11.6. The molecule has 1 N–H and O–H groups in total. The van der Waals surface area contributed by atoms with Crippen LogP contribution in [0.2, 0.25) is 0 Å². The summed E-state index contributed by atoms with van der Waals surface area (Å²) in [4.78, 5) is 23.4. The number of hydrogen-bond donors (Lipinski definition) is 1. The Bertz CT molecular complexity index is 456. The molecule has 1 atom stereocenters. The molecule has 0 radical (unpaired) electrons. The largest absolute Gasteiger partial charge is 0.494 e. The molecule has 0 saturated heterocycles. The van der Waals surface area contributed by atoms with Gasteiger partial charge in [-0.05, 0) is 44.5 Å². The first-order chi connectivity index (χ1) is 10.1. The second kappa shape index (κ2) is 9.00. The van der Waals surface area contributed by atoms with Gasteiger partial charge in [0.05, 0.1) is 13.2 Å². The van der Waals surface area contributed by atoms with E-state index in [4.69, 9.17) is 9.47 Å². The maximum atomic E-state index is 12.0. The Morgan fingerprint density at radius 2 is 1.86 bits per heavy atom. The molecule has 116 valence electrons. The van der Waals surface area contributed by atoms with Crippen molar-refractivity contribution in [1.29, 1.82) is 0 Å². The van der Waals surface area contributed by atoms with Gasteiger partial charge < -0.3 is 14.8 Å². The van der Waals surface area contributed by atoms with Crippen LogP contribution in [0.25, 0.3) is 0 Å². The first kappa shape index (κ1) is 17.0. The summed E-state index contributed by atoms with van der Waals surface area (Å²) in [5.74, 6) is -0.0144. The van der Waals surface area contributed by atoms with E-state index in [1.165, 1.54) is 0 Å². The van der Waals surface area contributed by atoms with E-state index in [0.29, 0.717) is 18.8 Å². The van der Waals surface area contributed by atoms with Crippen molar-refractivity contribution in [2.24, 2.45) is 0 Å². The molecule has 5 heteroatoms. The van der Waals surface area contributed by atoms with Gasteiger partial charge in [-0.15, -0.1) is 0 Å². The number of amides is 1. The third-order valence-corrected chi connectivity index (χ3v) is 2.87. The van der Waals surface area contributed by atoms with E-state index in [0.717, 1.165) is 18.6 Å². The Labute approximate surface area is 125 Å². The van der Waals surface area contributed by atoms with Gasteiger partial charge in [0.25, 0.3) is 5.91 Å². The van der Waals surface area contributed by atoms with E-state index in [2.05, 4.69) is 12.2 Å². The highest BCUT2D eigenvalue weighted by atomic mass is 16.5. The topological polar surface area (TPSA) is 64.6 Å². The number of ether oxygens (including phenoxy) is 2. The Morgan fingerprint density at radius 1 is 1.19 bits per heavy atom. The SMILES string of the molecule is CCCCOc1ccc(C(=O)NC(C)C(=O)OCC)cc1. The van der Waals surface area contributed by atoms with Crippen LogP contribution in [0, 0.1) is 0 Å². The molecule has 0 aromatic heterocycles. The Hall–Kier alpha value is -2.04. The van der Waals surface area contributed by atoms with Gasteiger partial charge in [-0.2, -0.15) is 0 Å². The molecule has 0 heterocycles. The molecule has 1 aromatic rings. The van der Waals surface area contributed by atoms with Crippen molar-refractivity contribution in [2.45, 2.75) is 39.7 Å². The second-order valence-electron chi connectivity index (χ2n) is 4.67. The maximum Gasteiger partial charge on any atom is 0.328 e. The Balaban J connectivity index is 2.52. The minimum absolute atomic E-state index is 0.294. The second-order valence-corrected chi connectivity index (χ2v) is 4.67. The van der Waals surface area contributed by atoms with E-state index < -0.39 is 12.0 Å². The Kier molecular flexibility index (Phi) is 7.29. The van der Waals surface area contributed by atoms with Crippen molar-refractivity contribution in [3.05, 3.63) is 29.8 Å². The molecule has 1 amide bonds. The summed E-state index contributed by atoms with van der Waals surface area (Å²) in [7, 11) is 0. The molecule has 0 aliphatic heterocycles. The predicted octanol–water partition coefficient (Wildman–Crippen LogP) is 2.55. The minimum atomic E-state index is -0.669. The molecule has 0 spiro atoms. The van der Waals surface area contributed by atoms with Crippen LogP contribution in [-0.2, 0) is 9.53 Å². The number of hydrogen-bond acceptors (Lipinski definition) is 4. The average molecular weight is 293 g/mol. The van der Waals surface area contributed by atoms with E-state index >= 15 is 0 Å². The standard InChI is InChI=1S/C16H23NO4/c1-4-6-11-21-14-9-7-13(8-10-14)15(18)17-12(3)16(19)20-5-2/h7-10,12H,4-6,11H2,1-3H3,(H,17,18). The molecule has 1 unspecified atom stereocenters. The van der Waals surface area contributed by atoms with Gasteiger partial charge in [-0.1, -0.05) is 13.3 Å². The van der Waals surface area contributed by atoms with E-state index in [9.17, 15) is 9.59 Å². The van der Waals surface area contributed by atoms with Crippen LogP contribution in [0.1, 0.15) is 44.0 Å². The number of unbranched alkanes of at least 4 members (excludes halogenated alkanes) is 1. The zero-order valence-corrected chi connectivity index (χ0v) is 12.8. The zero-order valence-electron chi connectivity index (χ0n) is 12.8. The van der Waals surface area contributed by atoms with Crippen LogP contribution >= 0.6 is 0 Å². The van der Waals surface area contributed by atoms with Crippen LogP contribution < -0.4 is 10.1 Å². The quantitative estimate of drug-likeness (QED) is 0.591. The van der Waals surface area contributed by atoms with E-state index in [-0.39, 0.29) is 5.91 Å². The predicted molar refractivity (Wildman–Crippen MR) is 80.4 cm³/mol. The van der Waals surface area contributed by atoms with Gasteiger partial charge in [-0.25, -0.2) is 4.79 Å². The molecule has 0 aliphatic rings. The van der Waals surface area contributed by atoms with Crippen molar-refractivity contribution in [3.63, 3.8) is 0 Å². The van der Waals surface area contributed by atoms with Crippen LogP contribution in [0.3, 0.4) is 0 Å². The van der Waals surface area contributed by atoms with E-state index in [1.54, 1.807) is 38.1 Å². The highest BCUT2D eigenvalue weighted by Crippen LogP contribution is 2.12. The van der Waals surface area contributed by atoms with Gasteiger partial charge in [0.15, 0.2) is 0 Å². The molecular formula is C16H23NO4. The van der Waals surface area contributed by atoms with Crippen molar-refractivity contribution in [3.8, 4) is 5.75 Å². The molecule has 0 saturated carbocycles. The number of esters is 1. The van der Waals surface area contributed by atoms with Crippen molar-refractivity contribution in [2.75, 3.05) is 13.2 Å². The van der Waals surface area contributed by atoms with Gasteiger partial charge in [0, 0.05) is 5.56 Å². The molecular weight excluding hydrogens is 270 g/mol. The smallest absolute Gasteiger partial charge is 0.328 e. The summed E-state index contributed by atoms with van der Waals surface area (Å²) in [6.45, 7) is 6.38. The van der Waals surface area contributed by atoms with Crippen molar-refractivity contribution < 1.29 is 19.1 Å². The average Bonchev–Trinajstić information content (AvgIpc) is 2.48. The van der Waals surface area contributed by atoms with Gasteiger partial charge in [0.1, 0.15) is 11.8 Å². The summed E-state index contributed by atoms with van der Waals surface area (Å²) in [5.41, 5.74) is 0.481. The maximum absolute atomic E-state index is 12.0. The fourth-order valence-corrected chi connectivity index (χ4v) is 1.64. The van der Waals surface area contributed by atoms with Gasteiger partial charge in [0.2, 0.25) is 0 Å². The van der Waals surface area contributed by atoms with Crippen molar-refractivity contribution in [1.82, 2.24) is 5.32 Å². The molecule has 5 nitrogen and oxygen atoms in total. The van der Waals surface area contributed by atoms with Crippen LogP contribution in [0.4, 0.5) is 0 Å². The number of benzene rings is 1. The van der Waals surface area contributed by atoms with Crippen LogP contribution in [-0.4, -0.2) is 31.1 Å². The third-order valence-electron chi connectivity index (χ3n) is 2.87. The Morgan fingerprint density at radius 3 is 2.43 bits per heavy atom. The third kappa shape index (κ3) is 5.85. The first-order valence-electron chi connectivity index (χ1n) is 7.28. The summed E-state index contributed by atoms with van der Waals surface area (Å²) in [6.07, 6.45) is 2.07. The highest BCUT2D eigenvalue weighted by Gasteiger charge is 2.17. The lowest BCUT2D eigenvalue weighted by atomic mass is 10.2. The zero-order chi connectivity index (χ0) is 15.7. The summed E-state index contributed by atoms with van der Waals surface area (Å²) in [5, 5.41) is 2.60. The van der Waals surface area contributed by atoms with Crippen molar-refractivity contribution >= 4 is 11.9 Å². The van der Waals surface area contributed by atoms with Gasteiger partial charge in [-0.3, -0.25) is 4.79 Å². The molecule has 0 bridgehead atoms. The molecule has 21 heavy (non-hydrogen) atoms. The monoisotopic (exact) mass is 293 g/mol. The van der Waals surface area contributed by atoms with Crippen LogP contribution in [0.15, 0.2) is 24.3 Å². The van der Waals surface area contributed by atoms with Gasteiger partial charge >= 0.3 is 5.97 Å². The fraction of sp³-hybridized carbons (Fsp3) is 0.500. The number of rotatable bonds is 8. The summed E-state index contributed by atoms with van der Waals surface area (Å²) >= 11 is 0. The lowest BCUT2D eigenvalue weighted by Gasteiger charge is -2.13.